The van der Waals surface area contributed by atoms with Gasteiger partial charge in [0.05, 0.1) is 0 Å². The van der Waals surface area contributed by atoms with E-state index in [9.17, 15) is 17.0 Å². The van der Waals surface area contributed by atoms with Gasteiger partial charge in [0.25, 0.3) is 0 Å². The number of rotatable bonds is 7. The van der Waals surface area contributed by atoms with Gasteiger partial charge in [-0.05, 0) is 0 Å². The molecule has 7 rings (SSSR count). The molecule has 0 amide bonds. The first-order chi connectivity index (χ1) is 30.6. The molecule has 0 spiro atoms. The summed E-state index contributed by atoms with van der Waals surface area (Å²) in [6.45, 7) is 49.7. The molecule has 2 unspecified atom stereocenters. The first-order valence-electron chi connectivity index (χ1n) is 25.3. The fourth-order valence-electron chi connectivity index (χ4n) is 12.2. The molecule has 2 aliphatic rings. The summed E-state index contributed by atoms with van der Waals surface area (Å²) in [6.07, 6.45) is 5.07. The summed E-state index contributed by atoms with van der Waals surface area (Å²) in [5.41, 5.74) is 23.9. The Hall–Kier alpha value is -2.74. The van der Waals surface area contributed by atoms with E-state index in [1.165, 1.54) is 100 Å². The van der Waals surface area contributed by atoms with E-state index in [4.69, 9.17) is 0 Å². The second-order valence-electron chi connectivity index (χ2n) is 26.5. The van der Waals surface area contributed by atoms with Crippen LogP contribution in [0.1, 0.15) is 192 Å². The average molecular weight is 1030 g/mol. The summed E-state index contributed by atoms with van der Waals surface area (Å²) in [7, 11) is 18.8. The SMILES string of the molecule is Cc1c(C(C)(C)C)cc(C2=Cc3cccc(-c4cc(C(C)(C)C)c(C)c(C(C)(C)C)c4)c3[CH]2[Zr]([Cl])([Cl])([CH]2C(C(C)C)=Cc3c(-c4ccc(C(C)(C)C)cc4)cccc32)[SiH](C)C)cc1C(C)(C)C. The van der Waals surface area contributed by atoms with Crippen molar-refractivity contribution in [3.05, 3.63) is 157 Å². The first kappa shape index (κ1) is 52.1. The number of allylic oxidation sites excluding steroid dienone is 2. The van der Waals surface area contributed by atoms with E-state index >= 15 is 0 Å². The number of hydrogen-bond donors (Lipinski definition) is 0. The minimum atomic E-state index is -5.41. The van der Waals surface area contributed by atoms with Gasteiger partial charge in [-0.2, -0.15) is 0 Å². The normalized spacial score (nSPS) is 17.7. The predicted octanol–water partition coefficient (Wildman–Crippen LogP) is 19.5. The molecular formula is C63H83Cl2SiZr. The fourth-order valence-corrected chi connectivity index (χ4v) is 42.8. The van der Waals surface area contributed by atoms with E-state index in [0.29, 0.717) is 0 Å². The van der Waals surface area contributed by atoms with Crippen LogP contribution in [0.15, 0.2) is 90.5 Å². The molecule has 0 heterocycles. The average Bonchev–Trinajstić information content (AvgIpc) is 3.81. The molecule has 67 heavy (non-hydrogen) atoms. The summed E-state index contributed by atoms with van der Waals surface area (Å²) in [6, 6.07) is 33.4. The van der Waals surface area contributed by atoms with E-state index in [0.717, 1.165) is 0 Å². The van der Waals surface area contributed by atoms with Gasteiger partial charge < -0.3 is 0 Å². The van der Waals surface area contributed by atoms with E-state index in [-0.39, 0.29) is 40.2 Å². The first-order valence-corrected chi connectivity index (χ1v) is 41.6. The number of halogens is 2. The van der Waals surface area contributed by atoms with E-state index < -0.39 is 21.5 Å². The van der Waals surface area contributed by atoms with Crippen molar-refractivity contribution >= 4 is 40.7 Å². The molecule has 5 aromatic rings. The summed E-state index contributed by atoms with van der Waals surface area (Å²) >= 11 is -5.41. The third kappa shape index (κ3) is 9.13. The van der Waals surface area contributed by atoms with Crippen molar-refractivity contribution in [1.82, 2.24) is 0 Å². The van der Waals surface area contributed by atoms with Gasteiger partial charge in [0.2, 0.25) is 0 Å². The van der Waals surface area contributed by atoms with Crippen molar-refractivity contribution in [1.29, 1.82) is 0 Å². The van der Waals surface area contributed by atoms with Crippen molar-refractivity contribution in [2.75, 3.05) is 0 Å². The quantitative estimate of drug-likeness (QED) is 0.143. The van der Waals surface area contributed by atoms with Gasteiger partial charge in [-0.3, -0.25) is 0 Å². The van der Waals surface area contributed by atoms with Crippen LogP contribution in [0.2, 0.25) is 13.1 Å². The third-order valence-electron chi connectivity index (χ3n) is 15.8. The molecule has 0 bridgehead atoms. The molecule has 0 aliphatic heterocycles. The zero-order valence-electron chi connectivity index (χ0n) is 45.3. The molecule has 0 fully saturated rings. The Balaban J connectivity index is 1.61. The van der Waals surface area contributed by atoms with Crippen molar-refractivity contribution in [3.8, 4) is 22.3 Å². The second kappa shape index (κ2) is 17.2. The Bertz CT molecular complexity index is 2740. The van der Waals surface area contributed by atoms with Crippen molar-refractivity contribution in [3.63, 3.8) is 0 Å². The zero-order valence-corrected chi connectivity index (χ0v) is 50.4. The Kier molecular flexibility index (Phi) is 13.4. The van der Waals surface area contributed by atoms with Crippen LogP contribution in [0.5, 0.6) is 0 Å². The summed E-state index contributed by atoms with van der Waals surface area (Å²) in [5, 5.41) is 0. The molecule has 0 aromatic heterocycles. The molecule has 0 N–H and O–H groups in total. The molecule has 2 atom stereocenters. The van der Waals surface area contributed by atoms with Gasteiger partial charge in [-0.15, -0.1) is 0 Å². The number of hydrogen-bond acceptors (Lipinski definition) is 0. The minimum absolute atomic E-state index is 0.0429. The van der Waals surface area contributed by atoms with Crippen LogP contribution < -0.4 is 0 Å². The van der Waals surface area contributed by atoms with Crippen LogP contribution in [0.3, 0.4) is 0 Å². The molecule has 0 nitrogen and oxygen atoms in total. The number of fused-ring (bicyclic) bond motifs is 2. The fraction of sp³-hybridized carbons (Fsp3) is 0.460. The van der Waals surface area contributed by atoms with E-state index in [2.05, 4.69) is 242 Å². The second-order valence-corrected chi connectivity index (χ2v) is 69.0. The topological polar surface area (TPSA) is 0 Å². The molecule has 2 aliphatic carbocycles. The van der Waals surface area contributed by atoms with Crippen LogP contribution in [-0.4, -0.2) is 5.92 Å². The zero-order chi connectivity index (χ0) is 50.0. The Labute approximate surface area is 417 Å². The van der Waals surface area contributed by atoms with Crippen molar-refractivity contribution in [2.24, 2.45) is 5.92 Å². The van der Waals surface area contributed by atoms with Crippen molar-refractivity contribution < 1.29 is 15.6 Å². The third-order valence-corrected chi connectivity index (χ3v) is 67.3. The van der Waals surface area contributed by atoms with Crippen molar-refractivity contribution in [2.45, 2.75) is 179 Å². The van der Waals surface area contributed by atoms with Gasteiger partial charge in [0, 0.05) is 0 Å². The van der Waals surface area contributed by atoms with E-state index in [1.54, 1.807) is 0 Å². The number of benzene rings is 5. The maximum absolute atomic E-state index is 9.39. The molecular weight excluding hydrogens is 947 g/mol. The van der Waals surface area contributed by atoms with Gasteiger partial charge in [-0.25, -0.2) is 0 Å². The molecule has 0 saturated heterocycles. The van der Waals surface area contributed by atoms with Crippen LogP contribution in [0.25, 0.3) is 40.0 Å². The van der Waals surface area contributed by atoms with Gasteiger partial charge in [0.15, 0.2) is 0 Å². The standard InChI is InChI=1S/C39H51.C22H25.C2H7Si.2ClH.Zr/c1-24-32(36(3,4)5)20-28(21-33(24)37(6,7)8)27-18-26-16-15-17-30(31(26)19-27)29-22-34(38(9,10)11)25(2)35(23-29)39(12,13)14;1-15(2)18-13-17-7-6-8-20(21(17)14-18)16-9-11-19(12-10-16)22(3,4)5;1-3-2;;;/h15-23H,1-14H3;6-15H,1-5H3;3H,1-2H3;2*1H;/q;;;;;+2/p-2. The van der Waals surface area contributed by atoms with Crippen LogP contribution in [-0.2, 0) is 42.6 Å². The monoisotopic (exact) mass is 1030 g/mol. The van der Waals surface area contributed by atoms with Crippen LogP contribution >= 0.6 is 17.0 Å². The van der Waals surface area contributed by atoms with Crippen LogP contribution in [0, 0.1) is 19.8 Å². The van der Waals surface area contributed by atoms with Gasteiger partial charge in [0.1, 0.15) is 0 Å². The van der Waals surface area contributed by atoms with Crippen LogP contribution in [0.4, 0.5) is 0 Å². The Morgan fingerprint density at radius 1 is 0.507 bits per heavy atom. The summed E-state index contributed by atoms with van der Waals surface area (Å²) < 4.78 is -0.188. The predicted molar refractivity (Wildman–Crippen MR) is 300 cm³/mol. The van der Waals surface area contributed by atoms with Gasteiger partial charge >= 0.3 is 421 Å². The molecule has 5 aromatic carbocycles. The Morgan fingerprint density at radius 3 is 1.39 bits per heavy atom. The summed E-state index contributed by atoms with van der Waals surface area (Å²) in [5.74, 6) is -1.68. The molecule has 0 radical (unpaired) electrons. The molecule has 0 saturated carbocycles. The Morgan fingerprint density at radius 2 is 0.955 bits per heavy atom. The van der Waals surface area contributed by atoms with E-state index in [1.807, 2.05) is 0 Å². The maximum atomic E-state index is 9.39. The summed E-state index contributed by atoms with van der Waals surface area (Å²) in [4.78, 5) is 0. The van der Waals surface area contributed by atoms with Gasteiger partial charge in [-0.1, -0.05) is 0 Å². The molecule has 357 valence electrons. The molecule has 4 heteroatoms.